The fraction of sp³-hybridized carbons (Fsp3) is 0.538. The van der Waals surface area contributed by atoms with E-state index in [1.54, 1.807) is 6.92 Å². The zero-order chi connectivity index (χ0) is 10.8. The molecule has 1 N–H and O–H groups in total. The predicted molar refractivity (Wildman–Crippen MR) is 60.0 cm³/mol. The van der Waals surface area contributed by atoms with Gasteiger partial charge in [0, 0.05) is 0 Å². The molecule has 1 aromatic rings. The molecule has 1 aliphatic carbocycles. The van der Waals surface area contributed by atoms with Crippen molar-refractivity contribution in [2.75, 3.05) is 6.61 Å². The molecule has 0 radical (unpaired) electrons. The molecule has 0 aliphatic heterocycles. The molecule has 0 bridgehead atoms. The highest BCUT2D eigenvalue weighted by molar-refractivity contribution is 5.36. The minimum Gasteiger partial charge on any atom is -0.493 e. The summed E-state index contributed by atoms with van der Waals surface area (Å²) in [6.45, 7) is 4.64. The number of aryl methyl sites for hydroxylation is 1. The van der Waals surface area contributed by atoms with Gasteiger partial charge in [-0.2, -0.15) is 0 Å². The van der Waals surface area contributed by atoms with E-state index in [0.29, 0.717) is 0 Å². The zero-order valence-corrected chi connectivity index (χ0v) is 9.36. The normalized spacial score (nSPS) is 17.5. The van der Waals surface area contributed by atoms with E-state index in [1.807, 2.05) is 25.1 Å². The maximum Gasteiger partial charge on any atom is 0.122 e. The highest BCUT2D eigenvalue weighted by Gasteiger charge is 2.22. The number of aliphatic hydroxyl groups is 1. The van der Waals surface area contributed by atoms with Crippen molar-refractivity contribution < 1.29 is 9.84 Å². The zero-order valence-electron chi connectivity index (χ0n) is 9.36. The summed E-state index contributed by atoms with van der Waals surface area (Å²) in [5.74, 6) is 1.73. The van der Waals surface area contributed by atoms with Crippen LogP contribution in [0.4, 0.5) is 0 Å². The quantitative estimate of drug-likeness (QED) is 0.820. The lowest BCUT2D eigenvalue weighted by Crippen LogP contribution is -2.01. The second kappa shape index (κ2) is 4.23. The minimum atomic E-state index is -0.402. The molecule has 1 fully saturated rings. The van der Waals surface area contributed by atoms with E-state index in [9.17, 15) is 5.11 Å². The summed E-state index contributed by atoms with van der Waals surface area (Å²) in [7, 11) is 0. The summed E-state index contributed by atoms with van der Waals surface area (Å²) < 4.78 is 5.71. The summed E-state index contributed by atoms with van der Waals surface area (Å²) in [6, 6.07) is 5.88. The Bertz CT molecular complexity index is 340. The van der Waals surface area contributed by atoms with Crippen molar-refractivity contribution in [1.82, 2.24) is 0 Å². The predicted octanol–water partition coefficient (Wildman–Crippen LogP) is 2.84. The Balaban J connectivity index is 2.04. The molecule has 1 atom stereocenters. The molecule has 2 nitrogen and oxygen atoms in total. The Morgan fingerprint density at radius 2 is 2.20 bits per heavy atom. The summed E-state index contributed by atoms with van der Waals surface area (Å²) in [5, 5.41) is 9.43. The molecule has 2 heteroatoms. The number of hydrogen-bond donors (Lipinski definition) is 1. The molecule has 15 heavy (non-hydrogen) atoms. The molecule has 0 heterocycles. The lowest BCUT2D eigenvalue weighted by molar-refractivity contribution is 0.199. The van der Waals surface area contributed by atoms with Gasteiger partial charge in [-0.05, 0) is 55.9 Å². The van der Waals surface area contributed by atoms with Crippen molar-refractivity contribution in [1.29, 1.82) is 0 Å². The van der Waals surface area contributed by atoms with Crippen LogP contribution in [-0.4, -0.2) is 11.7 Å². The van der Waals surface area contributed by atoms with Crippen LogP contribution in [0.1, 0.15) is 37.0 Å². The van der Waals surface area contributed by atoms with Gasteiger partial charge in [-0.15, -0.1) is 0 Å². The number of rotatable bonds is 4. The van der Waals surface area contributed by atoms with Gasteiger partial charge in [0.15, 0.2) is 0 Å². The van der Waals surface area contributed by atoms with Crippen LogP contribution in [0.2, 0.25) is 0 Å². The van der Waals surface area contributed by atoms with E-state index in [0.717, 1.165) is 29.4 Å². The first-order chi connectivity index (χ1) is 7.16. The first-order valence-corrected chi connectivity index (χ1v) is 5.58. The lowest BCUT2D eigenvalue weighted by atomic mass is 10.1. The van der Waals surface area contributed by atoms with Crippen LogP contribution in [0, 0.1) is 12.8 Å². The Morgan fingerprint density at radius 1 is 1.47 bits per heavy atom. The van der Waals surface area contributed by atoms with Gasteiger partial charge in [0.05, 0.1) is 12.7 Å². The number of benzene rings is 1. The van der Waals surface area contributed by atoms with Gasteiger partial charge in [-0.1, -0.05) is 6.07 Å². The van der Waals surface area contributed by atoms with Crippen LogP contribution >= 0.6 is 0 Å². The molecule has 0 aromatic heterocycles. The largest absolute Gasteiger partial charge is 0.493 e. The highest BCUT2D eigenvalue weighted by atomic mass is 16.5. The fourth-order valence-electron chi connectivity index (χ4n) is 1.59. The van der Waals surface area contributed by atoms with Gasteiger partial charge in [0.2, 0.25) is 0 Å². The van der Waals surface area contributed by atoms with Crippen molar-refractivity contribution in [2.24, 2.45) is 5.92 Å². The number of ether oxygens (including phenoxy) is 1. The van der Waals surface area contributed by atoms with Crippen molar-refractivity contribution in [2.45, 2.75) is 32.8 Å². The second-order valence-corrected chi connectivity index (χ2v) is 4.46. The van der Waals surface area contributed by atoms with E-state index >= 15 is 0 Å². The summed E-state index contributed by atoms with van der Waals surface area (Å²) in [5.41, 5.74) is 2.06. The van der Waals surface area contributed by atoms with Crippen LogP contribution in [0.3, 0.4) is 0 Å². The van der Waals surface area contributed by atoms with Crippen molar-refractivity contribution >= 4 is 0 Å². The molecule has 0 spiro atoms. The fourth-order valence-corrected chi connectivity index (χ4v) is 1.59. The first-order valence-electron chi connectivity index (χ1n) is 5.58. The highest BCUT2D eigenvalue weighted by Crippen LogP contribution is 2.30. The third-order valence-corrected chi connectivity index (χ3v) is 2.85. The Kier molecular flexibility index (Phi) is 2.96. The van der Waals surface area contributed by atoms with Crippen LogP contribution < -0.4 is 4.74 Å². The SMILES string of the molecule is Cc1cc(C(C)O)ccc1OCC1CC1. The monoisotopic (exact) mass is 206 g/mol. The summed E-state index contributed by atoms with van der Waals surface area (Å²) in [6.07, 6.45) is 2.22. The third-order valence-electron chi connectivity index (χ3n) is 2.85. The van der Waals surface area contributed by atoms with E-state index in [2.05, 4.69) is 0 Å². The van der Waals surface area contributed by atoms with E-state index in [1.165, 1.54) is 12.8 Å². The van der Waals surface area contributed by atoms with E-state index in [4.69, 9.17) is 4.74 Å². The Hall–Kier alpha value is -1.02. The Labute approximate surface area is 90.9 Å². The van der Waals surface area contributed by atoms with Gasteiger partial charge in [-0.3, -0.25) is 0 Å². The standard InChI is InChI=1S/C13H18O2/c1-9-7-12(10(2)14)5-6-13(9)15-8-11-3-4-11/h5-7,10-11,14H,3-4,8H2,1-2H3. The molecule has 0 amide bonds. The molecule has 82 valence electrons. The third kappa shape index (κ3) is 2.72. The molecular formula is C13H18O2. The average molecular weight is 206 g/mol. The van der Waals surface area contributed by atoms with Crippen molar-refractivity contribution in [3.8, 4) is 5.75 Å². The van der Waals surface area contributed by atoms with Gasteiger partial charge >= 0.3 is 0 Å². The van der Waals surface area contributed by atoms with Crippen molar-refractivity contribution in [3.63, 3.8) is 0 Å². The van der Waals surface area contributed by atoms with Gasteiger partial charge in [-0.25, -0.2) is 0 Å². The topological polar surface area (TPSA) is 29.5 Å². The Morgan fingerprint density at radius 3 is 2.73 bits per heavy atom. The summed E-state index contributed by atoms with van der Waals surface area (Å²) in [4.78, 5) is 0. The molecule has 1 saturated carbocycles. The molecular weight excluding hydrogens is 188 g/mol. The summed E-state index contributed by atoms with van der Waals surface area (Å²) >= 11 is 0. The smallest absolute Gasteiger partial charge is 0.122 e. The van der Waals surface area contributed by atoms with Gasteiger partial charge in [0.25, 0.3) is 0 Å². The number of hydrogen-bond acceptors (Lipinski definition) is 2. The van der Waals surface area contributed by atoms with Gasteiger partial charge in [0.1, 0.15) is 5.75 Å². The maximum absolute atomic E-state index is 9.43. The first kappa shape index (κ1) is 10.5. The maximum atomic E-state index is 9.43. The van der Waals surface area contributed by atoms with E-state index in [-0.39, 0.29) is 0 Å². The molecule has 1 unspecified atom stereocenters. The second-order valence-electron chi connectivity index (χ2n) is 4.46. The van der Waals surface area contributed by atoms with E-state index < -0.39 is 6.10 Å². The van der Waals surface area contributed by atoms with Crippen LogP contribution in [0.5, 0.6) is 5.75 Å². The lowest BCUT2D eigenvalue weighted by Gasteiger charge is -2.11. The minimum absolute atomic E-state index is 0.402. The molecule has 0 saturated heterocycles. The molecule has 2 rings (SSSR count). The van der Waals surface area contributed by atoms with Crippen molar-refractivity contribution in [3.05, 3.63) is 29.3 Å². The van der Waals surface area contributed by atoms with Crippen LogP contribution in [-0.2, 0) is 0 Å². The number of aliphatic hydroxyl groups excluding tert-OH is 1. The van der Waals surface area contributed by atoms with Crippen LogP contribution in [0.15, 0.2) is 18.2 Å². The van der Waals surface area contributed by atoms with Gasteiger partial charge < -0.3 is 9.84 Å². The molecule has 1 aliphatic rings. The van der Waals surface area contributed by atoms with Crippen LogP contribution in [0.25, 0.3) is 0 Å². The average Bonchev–Trinajstić information content (AvgIpc) is 2.99. The molecule has 1 aromatic carbocycles.